The SMILES string of the molecule is CCC[C@@H](N)CN(C)CCC. The van der Waals surface area contributed by atoms with Gasteiger partial charge >= 0.3 is 0 Å². The molecule has 0 aliphatic carbocycles. The molecule has 0 fully saturated rings. The Labute approximate surface area is 70.8 Å². The number of hydrogen-bond acceptors (Lipinski definition) is 2. The monoisotopic (exact) mass is 158 g/mol. The van der Waals surface area contributed by atoms with Gasteiger partial charge in [-0.05, 0) is 26.4 Å². The molecular formula is C9H22N2. The zero-order valence-electron chi connectivity index (χ0n) is 8.14. The van der Waals surface area contributed by atoms with E-state index in [0.717, 1.165) is 19.5 Å². The van der Waals surface area contributed by atoms with Crippen molar-refractivity contribution in [3.63, 3.8) is 0 Å². The summed E-state index contributed by atoms with van der Waals surface area (Å²) in [5, 5.41) is 0. The Morgan fingerprint density at radius 2 is 1.91 bits per heavy atom. The third-order valence-corrected chi connectivity index (χ3v) is 1.81. The summed E-state index contributed by atoms with van der Waals surface area (Å²) >= 11 is 0. The normalized spacial score (nSPS) is 13.9. The molecule has 0 aromatic heterocycles. The molecule has 11 heavy (non-hydrogen) atoms. The van der Waals surface area contributed by atoms with Crippen LogP contribution in [0.2, 0.25) is 0 Å². The highest BCUT2D eigenvalue weighted by Gasteiger charge is 2.03. The largest absolute Gasteiger partial charge is 0.327 e. The van der Waals surface area contributed by atoms with E-state index in [1.165, 1.54) is 12.8 Å². The van der Waals surface area contributed by atoms with Gasteiger partial charge in [-0.3, -0.25) is 0 Å². The maximum atomic E-state index is 5.87. The summed E-state index contributed by atoms with van der Waals surface area (Å²) in [7, 11) is 2.14. The average Bonchev–Trinajstić information content (AvgIpc) is 1.87. The van der Waals surface area contributed by atoms with E-state index in [1.54, 1.807) is 0 Å². The summed E-state index contributed by atoms with van der Waals surface area (Å²) in [6.07, 6.45) is 3.56. The van der Waals surface area contributed by atoms with E-state index in [9.17, 15) is 0 Å². The second kappa shape index (κ2) is 6.62. The lowest BCUT2D eigenvalue weighted by Crippen LogP contribution is -2.35. The Hall–Kier alpha value is -0.0800. The Balaban J connectivity index is 3.32. The van der Waals surface area contributed by atoms with Gasteiger partial charge in [-0.15, -0.1) is 0 Å². The first kappa shape index (κ1) is 10.9. The predicted octanol–water partition coefficient (Wildman–Crippen LogP) is 1.46. The minimum Gasteiger partial charge on any atom is -0.327 e. The quantitative estimate of drug-likeness (QED) is 0.634. The molecule has 2 nitrogen and oxygen atoms in total. The van der Waals surface area contributed by atoms with Crippen LogP contribution in [-0.2, 0) is 0 Å². The molecule has 68 valence electrons. The maximum Gasteiger partial charge on any atom is 0.0167 e. The van der Waals surface area contributed by atoms with Crippen LogP contribution in [0.25, 0.3) is 0 Å². The number of rotatable bonds is 6. The molecule has 2 heteroatoms. The second-order valence-electron chi connectivity index (χ2n) is 3.31. The van der Waals surface area contributed by atoms with Gasteiger partial charge < -0.3 is 10.6 Å². The summed E-state index contributed by atoms with van der Waals surface area (Å²) < 4.78 is 0. The van der Waals surface area contributed by atoms with Crippen LogP contribution < -0.4 is 5.73 Å². The van der Waals surface area contributed by atoms with Gasteiger partial charge in [0, 0.05) is 12.6 Å². The van der Waals surface area contributed by atoms with Gasteiger partial charge in [-0.1, -0.05) is 20.3 Å². The molecule has 0 rings (SSSR count). The van der Waals surface area contributed by atoms with Crippen molar-refractivity contribution in [2.24, 2.45) is 5.73 Å². The fraction of sp³-hybridized carbons (Fsp3) is 1.00. The molecule has 0 aliphatic heterocycles. The van der Waals surface area contributed by atoms with E-state index in [0.29, 0.717) is 6.04 Å². The predicted molar refractivity (Wildman–Crippen MR) is 50.7 cm³/mol. The average molecular weight is 158 g/mol. The van der Waals surface area contributed by atoms with E-state index in [-0.39, 0.29) is 0 Å². The zero-order valence-corrected chi connectivity index (χ0v) is 8.14. The molecule has 0 amide bonds. The Bertz CT molecular complexity index is 73.6. The molecule has 0 radical (unpaired) electrons. The lowest BCUT2D eigenvalue weighted by atomic mass is 10.2. The van der Waals surface area contributed by atoms with Gasteiger partial charge in [0.05, 0.1) is 0 Å². The highest BCUT2D eigenvalue weighted by molar-refractivity contribution is 4.64. The van der Waals surface area contributed by atoms with Crippen molar-refractivity contribution in [3.8, 4) is 0 Å². The molecule has 0 spiro atoms. The topological polar surface area (TPSA) is 29.3 Å². The van der Waals surface area contributed by atoms with Gasteiger partial charge in [0.15, 0.2) is 0 Å². The van der Waals surface area contributed by atoms with Crippen molar-refractivity contribution in [1.29, 1.82) is 0 Å². The molecule has 0 heterocycles. The Morgan fingerprint density at radius 1 is 1.27 bits per heavy atom. The first-order chi connectivity index (χ1) is 5.20. The van der Waals surface area contributed by atoms with Gasteiger partial charge in [0.2, 0.25) is 0 Å². The highest BCUT2D eigenvalue weighted by Crippen LogP contribution is 1.96. The summed E-state index contributed by atoms with van der Waals surface area (Å²) in [4.78, 5) is 2.31. The first-order valence-electron chi connectivity index (χ1n) is 4.64. The minimum atomic E-state index is 0.372. The second-order valence-corrected chi connectivity index (χ2v) is 3.31. The summed E-state index contributed by atoms with van der Waals surface area (Å²) in [5.74, 6) is 0. The Morgan fingerprint density at radius 3 is 2.36 bits per heavy atom. The number of hydrogen-bond donors (Lipinski definition) is 1. The van der Waals surface area contributed by atoms with Crippen LogP contribution in [0.4, 0.5) is 0 Å². The highest BCUT2D eigenvalue weighted by atomic mass is 15.1. The van der Waals surface area contributed by atoms with E-state index >= 15 is 0 Å². The molecule has 1 atom stereocenters. The summed E-state index contributed by atoms with van der Waals surface area (Å²) in [6, 6.07) is 0.372. The number of nitrogens with two attached hydrogens (primary N) is 1. The first-order valence-corrected chi connectivity index (χ1v) is 4.64. The summed E-state index contributed by atoms with van der Waals surface area (Å²) in [6.45, 7) is 6.58. The summed E-state index contributed by atoms with van der Waals surface area (Å²) in [5.41, 5.74) is 5.87. The third kappa shape index (κ3) is 6.32. The van der Waals surface area contributed by atoms with Crippen LogP contribution >= 0.6 is 0 Å². The molecule has 0 aliphatic rings. The molecule has 0 saturated carbocycles. The van der Waals surface area contributed by atoms with Crippen molar-refractivity contribution >= 4 is 0 Å². The van der Waals surface area contributed by atoms with Crippen molar-refractivity contribution in [2.45, 2.75) is 39.2 Å². The molecular weight excluding hydrogens is 136 g/mol. The smallest absolute Gasteiger partial charge is 0.0167 e. The minimum absolute atomic E-state index is 0.372. The molecule has 0 saturated heterocycles. The molecule has 2 N–H and O–H groups in total. The van der Waals surface area contributed by atoms with Crippen LogP contribution in [0.3, 0.4) is 0 Å². The lowest BCUT2D eigenvalue weighted by molar-refractivity contribution is 0.304. The molecule has 0 aromatic carbocycles. The molecule has 0 bridgehead atoms. The van der Waals surface area contributed by atoms with Crippen molar-refractivity contribution < 1.29 is 0 Å². The number of likely N-dealkylation sites (N-methyl/N-ethyl adjacent to an activating group) is 1. The fourth-order valence-corrected chi connectivity index (χ4v) is 1.34. The van der Waals surface area contributed by atoms with Crippen LogP contribution in [0.1, 0.15) is 33.1 Å². The van der Waals surface area contributed by atoms with E-state index in [2.05, 4.69) is 25.8 Å². The van der Waals surface area contributed by atoms with Crippen LogP contribution in [0.5, 0.6) is 0 Å². The standard InChI is InChI=1S/C9H22N2/c1-4-6-9(10)8-11(3)7-5-2/h9H,4-8,10H2,1-3H3/t9-/m1/s1. The zero-order chi connectivity index (χ0) is 8.69. The van der Waals surface area contributed by atoms with E-state index in [4.69, 9.17) is 5.73 Å². The van der Waals surface area contributed by atoms with E-state index in [1.807, 2.05) is 0 Å². The van der Waals surface area contributed by atoms with Gasteiger partial charge in [-0.2, -0.15) is 0 Å². The van der Waals surface area contributed by atoms with Gasteiger partial charge in [-0.25, -0.2) is 0 Å². The van der Waals surface area contributed by atoms with Crippen molar-refractivity contribution in [2.75, 3.05) is 20.1 Å². The Kier molecular flexibility index (Phi) is 6.57. The van der Waals surface area contributed by atoms with Crippen LogP contribution in [-0.4, -0.2) is 31.1 Å². The van der Waals surface area contributed by atoms with Gasteiger partial charge in [0.1, 0.15) is 0 Å². The third-order valence-electron chi connectivity index (χ3n) is 1.81. The molecule has 0 unspecified atom stereocenters. The van der Waals surface area contributed by atoms with Crippen molar-refractivity contribution in [1.82, 2.24) is 4.90 Å². The molecule has 0 aromatic rings. The van der Waals surface area contributed by atoms with Crippen LogP contribution in [0, 0.1) is 0 Å². The maximum absolute atomic E-state index is 5.87. The fourth-order valence-electron chi connectivity index (χ4n) is 1.34. The lowest BCUT2D eigenvalue weighted by Gasteiger charge is -2.19. The van der Waals surface area contributed by atoms with E-state index < -0.39 is 0 Å². The van der Waals surface area contributed by atoms with Crippen molar-refractivity contribution in [3.05, 3.63) is 0 Å². The van der Waals surface area contributed by atoms with Crippen LogP contribution in [0.15, 0.2) is 0 Å². The number of nitrogens with zero attached hydrogens (tertiary/aromatic N) is 1. The van der Waals surface area contributed by atoms with Gasteiger partial charge in [0.25, 0.3) is 0 Å².